The lowest BCUT2D eigenvalue weighted by molar-refractivity contribution is -0.143. The molecule has 4 nitrogen and oxygen atoms in total. The number of hydrogen-bond donors (Lipinski definition) is 0. The Hall–Kier alpha value is -2.10. The van der Waals surface area contributed by atoms with Crippen molar-refractivity contribution < 1.29 is 19.1 Å². The number of rotatable bonds is 21. The van der Waals surface area contributed by atoms with Gasteiger partial charge in [-0.2, -0.15) is 0 Å². The Bertz CT molecular complexity index is 720. The van der Waals surface area contributed by atoms with E-state index in [2.05, 4.69) is 59.8 Å². The van der Waals surface area contributed by atoms with E-state index < -0.39 is 0 Å². The van der Waals surface area contributed by atoms with Crippen molar-refractivity contribution in [3.8, 4) is 0 Å². The van der Waals surface area contributed by atoms with E-state index in [4.69, 9.17) is 9.47 Å². The summed E-state index contributed by atoms with van der Waals surface area (Å²) in [5, 5.41) is 0. The monoisotopic (exact) mass is 502 g/mol. The van der Waals surface area contributed by atoms with Gasteiger partial charge < -0.3 is 9.47 Å². The fourth-order valence-electron chi connectivity index (χ4n) is 3.67. The van der Waals surface area contributed by atoms with Crippen LogP contribution < -0.4 is 0 Å². The third-order valence-electron chi connectivity index (χ3n) is 6.08. The lowest BCUT2D eigenvalue weighted by Gasteiger charge is -2.10. The van der Waals surface area contributed by atoms with Crippen molar-refractivity contribution >= 4 is 11.9 Å². The van der Waals surface area contributed by atoms with Gasteiger partial charge >= 0.3 is 11.9 Å². The molecule has 0 spiro atoms. The summed E-state index contributed by atoms with van der Waals surface area (Å²) >= 11 is 0. The van der Waals surface area contributed by atoms with Gasteiger partial charge in [-0.1, -0.05) is 74.5 Å². The van der Waals surface area contributed by atoms with Crippen LogP contribution in [0, 0.1) is 0 Å². The third-order valence-corrected chi connectivity index (χ3v) is 6.08. The first-order valence-electron chi connectivity index (χ1n) is 14.2. The summed E-state index contributed by atoms with van der Waals surface area (Å²) in [6.07, 6.45) is 21.8. The SMILES string of the molecule is CCCCCC(=O)OCC=C(C)CCC=C(CCC=C(C)CCC=C(C)C)COC(=O)CCCCC. The molecule has 0 aromatic carbocycles. The molecule has 0 bridgehead atoms. The molecule has 0 radical (unpaired) electrons. The van der Waals surface area contributed by atoms with Crippen LogP contribution in [0.15, 0.2) is 46.6 Å². The van der Waals surface area contributed by atoms with Gasteiger partial charge in [0.15, 0.2) is 0 Å². The van der Waals surface area contributed by atoms with Crippen molar-refractivity contribution in [1.82, 2.24) is 0 Å². The van der Waals surface area contributed by atoms with Crippen LogP contribution in [0.3, 0.4) is 0 Å². The van der Waals surface area contributed by atoms with Gasteiger partial charge in [0.1, 0.15) is 13.2 Å². The van der Waals surface area contributed by atoms with Crippen LogP contribution in [0.2, 0.25) is 0 Å². The van der Waals surface area contributed by atoms with Crippen LogP contribution in [-0.2, 0) is 19.1 Å². The summed E-state index contributed by atoms with van der Waals surface area (Å²) < 4.78 is 10.9. The minimum atomic E-state index is -0.111. The average Bonchev–Trinajstić information content (AvgIpc) is 2.82. The highest BCUT2D eigenvalue weighted by molar-refractivity contribution is 5.69. The second-order valence-electron chi connectivity index (χ2n) is 10.1. The summed E-state index contributed by atoms with van der Waals surface area (Å²) in [6.45, 7) is 13.5. The number of carbonyl (C=O) groups excluding carboxylic acids is 2. The summed E-state index contributed by atoms with van der Waals surface area (Å²) in [5.74, 6) is -0.209. The van der Waals surface area contributed by atoms with Crippen molar-refractivity contribution in [3.05, 3.63) is 46.6 Å². The number of carbonyl (C=O) groups is 2. The Labute approximate surface area is 222 Å². The maximum Gasteiger partial charge on any atom is 0.306 e. The Morgan fingerprint density at radius 3 is 1.69 bits per heavy atom. The Kier molecular flexibility index (Phi) is 21.9. The smallest absolute Gasteiger partial charge is 0.306 e. The molecule has 4 heteroatoms. The van der Waals surface area contributed by atoms with Gasteiger partial charge in [0.2, 0.25) is 0 Å². The number of unbranched alkanes of at least 4 members (excludes halogenated alkanes) is 4. The van der Waals surface area contributed by atoms with Gasteiger partial charge in [-0.05, 0) is 90.7 Å². The van der Waals surface area contributed by atoms with Crippen molar-refractivity contribution in [3.63, 3.8) is 0 Å². The van der Waals surface area contributed by atoms with Crippen LogP contribution >= 0.6 is 0 Å². The van der Waals surface area contributed by atoms with Crippen molar-refractivity contribution in [1.29, 1.82) is 0 Å². The zero-order chi connectivity index (χ0) is 27.0. The zero-order valence-corrected chi connectivity index (χ0v) is 24.3. The maximum absolute atomic E-state index is 12.1. The normalized spacial score (nSPS) is 12.4. The molecule has 0 aliphatic heterocycles. The average molecular weight is 503 g/mol. The second-order valence-corrected chi connectivity index (χ2v) is 10.1. The van der Waals surface area contributed by atoms with Crippen LogP contribution in [-0.4, -0.2) is 25.2 Å². The molecule has 0 N–H and O–H groups in total. The van der Waals surface area contributed by atoms with E-state index >= 15 is 0 Å². The first-order valence-corrected chi connectivity index (χ1v) is 14.2. The topological polar surface area (TPSA) is 52.6 Å². The second kappa shape index (κ2) is 23.3. The molecule has 0 aromatic rings. The molecular weight excluding hydrogens is 448 g/mol. The Morgan fingerprint density at radius 1 is 0.583 bits per heavy atom. The van der Waals surface area contributed by atoms with Crippen LogP contribution in [0.5, 0.6) is 0 Å². The lowest BCUT2D eigenvalue weighted by atomic mass is 10.0. The van der Waals surface area contributed by atoms with E-state index in [0.717, 1.165) is 77.0 Å². The van der Waals surface area contributed by atoms with E-state index in [-0.39, 0.29) is 11.9 Å². The molecule has 0 rings (SSSR count). The van der Waals surface area contributed by atoms with Gasteiger partial charge in [0, 0.05) is 12.8 Å². The molecule has 0 aliphatic rings. The molecule has 0 fully saturated rings. The van der Waals surface area contributed by atoms with Crippen molar-refractivity contribution in [2.45, 2.75) is 131 Å². The predicted octanol–water partition coefficient (Wildman–Crippen LogP) is 9.36. The van der Waals surface area contributed by atoms with Crippen molar-refractivity contribution in [2.75, 3.05) is 13.2 Å². The van der Waals surface area contributed by atoms with Crippen molar-refractivity contribution in [2.24, 2.45) is 0 Å². The minimum Gasteiger partial charge on any atom is -0.461 e. The Morgan fingerprint density at radius 2 is 1.11 bits per heavy atom. The molecular formula is C32H54O4. The first kappa shape index (κ1) is 33.9. The third kappa shape index (κ3) is 22.4. The molecule has 0 unspecified atom stereocenters. The molecule has 36 heavy (non-hydrogen) atoms. The molecule has 0 aliphatic carbocycles. The molecule has 0 atom stereocenters. The van der Waals surface area contributed by atoms with E-state index in [0.29, 0.717) is 26.1 Å². The van der Waals surface area contributed by atoms with E-state index in [1.807, 2.05) is 6.08 Å². The fraction of sp³-hybridized carbons (Fsp3) is 0.688. The maximum atomic E-state index is 12.1. The number of ether oxygens (including phenoxy) is 2. The summed E-state index contributed by atoms with van der Waals surface area (Å²) in [6, 6.07) is 0. The van der Waals surface area contributed by atoms with Gasteiger partial charge in [0.25, 0.3) is 0 Å². The highest BCUT2D eigenvalue weighted by Crippen LogP contribution is 2.15. The Balaban J connectivity index is 4.72. The molecule has 0 saturated carbocycles. The molecule has 0 saturated heterocycles. The van der Waals surface area contributed by atoms with Gasteiger partial charge in [-0.15, -0.1) is 0 Å². The molecule has 206 valence electrons. The zero-order valence-electron chi connectivity index (χ0n) is 24.3. The predicted molar refractivity (Wildman–Crippen MR) is 153 cm³/mol. The molecule has 0 heterocycles. The largest absolute Gasteiger partial charge is 0.461 e. The van der Waals surface area contributed by atoms with E-state index in [1.54, 1.807) is 0 Å². The highest BCUT2D eigenvalue weighted by atomic mass is 16.5. The standard InChI is InChI=1S/C32H54O4/c1-7-9-11-22-31(33)35-25-24-29(6)19-15-21-30(26-36-32(34)23-12-10-8-2)20-14-18-28(5)17-13-16-27(3)4/h16,18,21,24H,7-15,17,19-20,22-23,25-26H2,1-6H3. The summed E-state index contributed by atoms with van der Waals surface area (Å²) in [7, 11) is 0. The molecule has 0 amide bonds. The first-order chi connectivity index (χ1) is 17.3. The van der Waals surface area contributed by atoms with Gasteiger partial charge in [0.05, 0.1) is 0 Å². The van der Waals surface area contributed by atoms with Crippen LogP contribution in [0.25, 0.3) is 0 Å². The number of esters is 2. The van der Waals surface area contributed by atoms with Crippen LogP contribution in [0.4, 0.5) is 0 Å². The fourth-order valence-corrected chi connectivity index (χ4v) is 3.67. The van der Waals surface area contributed by atoms with Crippen LogP contribution in [0.1, 0.15) is 131 Å². The number of hydrogen-bond acceptors (Lipinski definition) is 4. The van der Waals surface area contributed by atoms with Gasteiger partial charge in [-0.3, -0.25) is 9.59 Å². The number of allylic oxidation sites excluding steroid dienone is 6. The quantitative estimate of drug-likeness (QED) is 0.0891. The highest BCUT2D eigenvalue weighted by Gasteiger charge is 2.06. The molecule has 0 aromatic heterocycles. The van der Waals surface area contributed by atoms with E-state index in [9.17, 15) is 9.59 Å². The van der Waals surface area contributed by atoms with Gasteiger partial charge in [-0.25, -0.2) is 0 Å². The minimum absolute atomic E-state index is 0.0976. The summed E-state index contributed by atoms with van der Waals surface area (Å²) in [4.78, 5) is 23.8. The van der Waals surface area contributed by atoms with E-state index in [1.165, 1.54) is 22.3 Å². The lowest BCUT2D eigenvalue weighted by Crippen LogP contribution is -2.07. The summed E-state index contributed by atoms with van der Waals surface area (Å²) in [5.41, 5.74) is 5.16.